The highest BCUT2D eigenvalue weighted by molar-refractivity contribution is 5.61. The average Bonchev–Trinajstić information content (AvgIpc) is 2.64. The first kappa shape index (κ1) is 15.4. The summed E-state index contributed by atoms with van der Waals surface area (Å²) in [5, 5.41) is 8.11. The molecule has 0 aliphatic rings. The van der Waals surface area contributed by atoms with E-state index in [1.54, 1.807) is 4.68 Å². The Balaban J connectivity index is 0.000000811. The summed E-state index contributed by atoms with van der Waals surface area (Å²) in [5.74, 6) is 0. The molecule has 0 aliphatic carbocycles. The molecule has 0 saturated heterocycles. The molecule has 0 bridgehead atoms. The van der Waals surface area contributed by atoms with Gasteiger partial charge in [-0.1, -0.05) is 56.3 Å². The van der Waals surface area contributed by atoms with Gasteiger partial charge in [-0.25, -0.2) is 0 Å². The van der Waals surface area contributed by atoms with E-state index in [1.807, 2.05) is 27.8 Å². The molecule has 0 atom stereocenters. The molecule has 0 saturated carbocycles. The minimum absolute atomic E-state index is 0. The lowest BCUT2D eigenvalue weighted by Gasteiger charge is -1.99. The highest BCUT2D eigenvalue weighted by Crippen LogP contribution is 2.19. The Morgan fingerprint density at radius 3 is 1.94 bits per heavy atom. The zero-order chi connectivity index (χ0) is 12.1. The van der Waals surface area contributed by atoms with Crippen LogP contribution in [-0.4, -0.2) is 15.0 Å². The van der Waals surface area contributed by atoms with Crippen LogP contribution in [-0.2, 0) is 7.05 Å². The fourth-order valence-corrected chi connectivity index (χ4v) is 1.38. The van der Waals surface area contributed by atoms with E-state index in [4.69, 9.17) is 0 Å². The van der Waals surface area contributed by atoms with Crippen molar-refractivity contribution in [3.8, 4) is 11.3 Å². The largest absolute Gasteiger partial charge is 0.252 e. The summed E-state index contributed by atoms with van der Waals surface area (Å²) in [6.45, 7) is 8.10. The zero-order valence-corrected chi connectivity index (χ0v) is 10.7. The number of benzene rings is 1. The smallest absolute Gasteiger partial charge is 0.115 e. The average molecular weight is 233 g/mol. The summed E-state index contributed by atoms with van der Waals surface area (Å²) in [7, 11) is 1.90. The van der Waals surface area contributed by atoms with Crippen molar-refractivity contribution in [3.63, 3.8) is 0 Å². The first-order valence-corrected chi connectivity index (χ1v) is 5.62. The zero-order valence-electron chi connectivity index (χ0n) is 10.7. The quantitative estimate of drug-likeness (QED) is 0.750. The molecule has 17 heavy (non-hydrogen) atoms. The maximum absolute atomic E-state index is 4.13. The van der Waals surface area contributed by atoms with E-state index in [0.717, 1.165) is 17.0 Å². The molecule has 0 amide bonds. The monoisotopic (exact) mass is 233 g/mol. The molecule has 0 fully saturated rings. The molecule has 1 aromatic heterocycles. The topological polar surface area (TPSA) is 30.7 Å². The summed E-state index contributed by atoms with van der Waals surface area (Å²) in [5.41, 5.74) is 4.44. The molecule has 0 unspecified atom stereocenters. The van der Waals surface area contributed by atoms with Crippen LogP contribution in [0.25, 0.3) is 11.3 Å². The van der Waals surface area contributed by atoms with E-state index < -0.39 is 0 Å². The highest BCUT2D eigenvalue weighted by atomic mass is 15.4. The number of aromatic nitrogens is 3. The third-order valence-electron chi connectivity index (χ3n) is 2.43. The van der Waals surface area contributed by atoms with Crippen molar-refractivity contribution in [2.75, 3.05) is 0 Å². The van der Waals surface area contributed by atoms with Gasteiger partial charge in [0.2, 0.25) is 0 Å². The van der Waals surface area contributed by atoms with Crippen LogP contribution < -0.4 is 0 Å². The van der Waals surface area contributed by atoms with E-state index in [9.17, 15) is 0 Å². The van der Waals surface area contributed by atoms with Gasteiger partial charge in [-0.15, -0.1) is 5.10 Å². The molecule has 0 aliphatic heterocycles. The van der Waals surface area contributed by atoms with Crippen LogP contribution in [0.3, 0.4) is 0 Å². The van der Waals surface area contributed by atoms with Crippen LogP contribution in [0.15, 0.2) is 24.3 Å². The predicted octanol–water partition coefficient (Wildman–Crippen LogP) is 3.76. The molecule has 1 aromatic carbocycles. The Morgan fingerprint density at radius 2 is 1.53 bits per heavy atom. The SMILES string of the molecule is C.CC.Cc1ccc(-c2nnn(C)c2C)cc1. The number of nitrogens with zero attached hydrogens (tertiary/aromatic N) is 3. The molecule has 94 valence electrons. The molecule has 2 aromatic rings. The number of rotatable bonds is 1. The fourth-order valence-electron chi connectivity index (χ4n) is 1.38. The summed E-state index contributed by atoms with van der Waals surface area (Å²) in [6, 6.07) is 8.32. The van der Waals surface area contributed by atoms with Crippen LogP contribution in [0.4, 0.5) is 0 Å². The minimum atomic E-state index is 0. The number of hydrogen-bond acceptors (Lipinski definition) is 2. The van der Waals surface area contributed by atoms with Crippen LogP contribution >= 0.6 is 0 Å². The molecule has 2 rings (SSSR count). The second-order valence-electron chi connectivity index (χ2n) is 3.51. The van der Waals surface area contributed by atoms with Gasteiger partial charge in [0, 0.05) is 12.6 Å². The van der Waals surface area contributed by atoms with E-state index in [-0.39, 0.29) is 7.43 Å². The molecule has 0 spiro atoms. The Bertz CT molecular complexity index is 441. The van der Waals surface area contributed by atoms with E-state index >= 15 is 0 Å². The van der Waals surface area contributed by atoms with Gasteiger partial charge in [0.25, 0.3) is 0 Å². The molecule has 1 heterocycles. The third-order valence-corrected chi connectivity index (χ3v) is 2.43. The summed E-state index contributed by atoms with van der Waals surface area (Å²) >= 11 is 0. The van der Waals surface area contributed by atoms with Gasteiger partial charge in [-0.05, 0) is 13.8 Å². The number of hydrogen-bond donors (Lipinski definition) is 0. The normalized spacial score (nSPS) is 9.00. The van der Waals surface area contributed by atoms with Crippen molar-refractivity contribution in [2.24, 2.45) is 7.05 Å². The highest BCUT2D eigenvalue weighted by Gasteiger charge is 2.07. The van der Waals surface area contributed by atoms with Gasteiger partial charge in [-0.3, -0.25) is 4.68 Å². The molecule has 0 N–H and O–H groups in total. The standard InChI is InChI=1S/C11H13N3.C2H6.CH4/c1-8-4-6-10(7-5-8)11-9(2)14(3)13-12-11;1-2;/h4-7H,1-3H3;1-2H3;1H4. The first-order valence-electron chi connectivity index (χ1n) is 5.62. The van der Waals surface area contributed by atoms with Crippen LogP contribution in [0.2, 0.25) is 0 Å². The van der Waals surface area contributed by atoms with Crippen molar-refractivity contribution in [3.05, 3.63) is 35.5 Å². The molecular weight excluding hydrogens is 210 g/mol. The van der Waals surface area contributed by atoms with E-state index in [2.05, 4.69) is 41.5 Å². The predicted molar refractivity (Wildman–Crippen MR) is 74.0 cm³/mol. The Morgan fingerprint density at radius 1 is 1.00 bits per heavy atom. The Labute approximate surface area is 104 Å². The van der Waals surface area contributed by atoms with Crippen molar-refractivity contribution in [2.45, 2.75) is 35.1 Å². The first-order chi connectivity index (χ1) is 7.68. The van der Waals surface area contributed by atoms with Crippen molar-refractivity contribution in [1.29, 1.82) is 0 Å². The van der Waals surface area contributed by atoms with Crippen molar-refractivity contribution < 1.29 is 0 Å². The van der Waals surface area contributed by atoms with Gasteiger partial charge in [-0.2, -0.15) is 0 Å². The fraction of sp³-hybridized carbons (Fsp3) is 0.429. The Hall–Kier alpha value is -1.64. The lowest BCUT2D eigenvalue weighted by Crippen LogP contribution is -1.92. The van der Waals surface area contributed by atoms with Gasteiger partial charge in [0.1, 0.15) is 5.69 Å². The minimum Gasteiger partial charge on any atom is -0.252 e. The van der Waals surface area contributed by atoms with Crippen LogP contribution in [0, 0.1) is 13.8 Å². The van der Waals surface area contributed by atoms with Crippen molar-refractivity contribution >= 4 is 0 Å². The second-order valence-corrected chi connectivity index (χ2v) is 3.51. The molecule has 3 heteroatoms. The van der Waals surface area contributed by atoms with E-state index in [1.165, 1.54) is 5.56 Å². The van der Waals surface area contributed by atoms with Gasteiger partial charge >= 0.3 is 0 Å². The van der Waals surface area contributed by atoms with E-state index in [0.29, 0.717) is 0 Å². The van der Waals surface area contributed by atoms with Crippen LogP contribution in [0.5, 0.6) is 0 Å². The number of aryl methyl sites for hydroxylation is 2. The summed E-state index contributed by atoms with van der Waals surface area (Å²) in [4.78, 5) is 0. The van der Waals surface area contributed by atoms with Gasteiger partial charge < -0.3 is 0 Å². The second kappa shape index (κ2) is 6.84. The molecule has 3 nitrogen and oxygen atoms in total. The Kier molecular flexibility index (Phi) is 6.18. The lowest BCUT2D eigenvalue weighted by atomic mass is 10.1. The maximum Gasteiger partial charge on any atom is 0.115 e. The lowest BCUT2D eigenvalue weighted by molar-refractivity contribution is 0.696. The molecular formula is C14H23N3. The third kappa shape index (κ3) is 3.41. The molecule has 0 radical (unpaired) electrons. The van der Waals surface area contributed by atoms with Crippen LogP contribution in [0.1, 0.15) is 32.5 Å². The summed E-state index contributed by atoms with van der Waals surface area (Å²) < 4.78 is 1.79. The van der Waals surface area contributed by atoms with Gasteiger partial charge in [0.15, 0.2) is 0 Å². The van der Waals surface area contributed by atoms with Gasteiger partial charge in [0.05, 0.1) is 5.69 Å². The van der Waals surface area contributed by atoms with Crippen molar-refractivity contribution in [1.82, 2.24) is 15.0 Å². The maximum atomic E-state index is 4.13. The summed E-state index contributed by atoms with van der Waals surface area (Å²) in [6.07, 6.45) is 0.